The van der Waals surface area contributed by atoms with Crippen molar-refractivity contribution in [3.05, 3.63) is 138 Å². The zero-order valence-corrected chi connectivity index (χ0v) is 31.9. The molecule has 0 unspecified atom stereocenters. The van der Waals surface area contributed by atoms with Crippen LogP contribution in [0.25, 0.3) is 72.2 Å². The molecule has 4 aromatic heterocycles. The van der Waals surface area contributed by atoms with Crippen LogP contribution in [0.5, 0.6) is 0 Å². The lowest BCUT2D eigenvalue weighted by Crippen LogP contribution is -2.16. The molecular weight excluding hydrogens is 633 g/mol. The van der Waals surface area contributed by atoms with E-state index in [4.69, 9.17) is 9.97 Å². The number of pyridine rings is 2. The number of hydrogen-bond acceptors (Lipinski definition) is 2. The molecule has 0 atom stereocenters. The molecule has 0 saturated heterocycles. The molecule has 4 aromatic carbocycles. The number of aromatic amines is 1. The molecule has 4 heteroatoms. The Labute approximate surface area is 307 Å². The van der Waals surface area contributed by atoms with Gasteiger partial charge in [-0.05, 0) is 81.6 Å². The number of aromatic nitrogens is 4. The molecule has 0 aliphatic heterocycles. The smallest absolute Gasteiger partial charge is 0.147 e. The van der Waals surface area contributed by atoms with Crippen molar-refractivity contribution in [3.8, 4) is 39.5 Å². The first-order chi connectivity index (χ1) is 24.7. The zero-order chi connectivity index (χ0) is 36.6. The maximum absolute atomic E-state index is 5.54. The van der Waals surface area contributed by atoms with E-state index in [-0.39, 0.29) is 16.2 Å². The molecule has 1 N–H and O–H groups in total. The van der Waals surface area contributed by atoms with E-state index in [0.29, 0.717) is 0 Å². The molecule has 0 radical (unpaired) electrons. The molecule has 8 rings (SSSR count). The van der Waals surface area contributed by atoms with E-state index in [0.717, 1.165) is 50.4 Å². The van der Waals surface area contributed by atoms with E-state index in [1.54, 1.807) is 0 Å². The minimum absolute atomic E-state index is 0.00623. The quantitative estimate of drug-likeness (QED) is 0.201. The highest BCUT2D eigenvalue weighted by Gasteiger charge is 2.25. The van der Waals surface area contributed by atoms with Crippen LogP contribution in [0.3, 0.4) is 0 Å². The number of rotatable bonds is 4. The van der Waals surface area contributed by atoms with E-state index >= 15 is 0 Å². The summed E-state index contributed by atoms with van der Waals surface area (Å²) in [6, 6.07) is 41.9. The maximum Gasteiger partial charge on any atom is 0.147 e. The minimum atomic E-state index is -0.0608. The van der Waals surface area contributed by atoms with Crippen molar-refractivity contribution < 1.29 is 0 Å². The first-order valence-electron chi connectivity index (χ1n) is 18.4. The number of para-hydroxylation sites is 1. The predicted octanol–water partition coefficient (Wildman–Crippen LogP) is 12.9. The zero-order valence-electron chi connectivity index (χ0n) is 31.9. The Balaban J connectivity index is 1.40. The molecule has 0 saturated carbocycles. The second-order valence-corrected chi connectivity index (χ2v) is 17.4. The van der Waals surface area contributed by atoms with Gasteiger partial charge in [-0.3, -0.25) is 9.55 Å². The molecule has 0 aliphatic carbocycles. The Morgan fingerprint density at radius 3 is 1.69 bits per heavy atom. The third-order valence-corrected chi connectivity index (χ3v) is 10.4. The number of H-pyrrole nitrogens is 1. The summed E-state index contributed by atoms with van der Waals surface area (Å²) in [4.78, 5) is 14.2. The molecule has 4 nitrogen and oxygen atoms in total. The maximum atomic E-state index is 5.54. The van der Waals surface area contributed by atoms with Crippen molar-refractivity contribution in [1.82, 2.24) is 19.5 Å². The van der Waals surface area contributed by atoms with Gasteiger partial charge in [-0.15, -0.1) is 0 Å². The van der Waals surface area contributed by atoms with Crippen molar-refractivity contribution in [2.75, 3.05) is 0 Å². The van der Waals surface area contributed by atoms with Crippen molar-refractivity contribution in [1.29, 1.82) is 0 Å². The minimum Gasteiger partial charge on any atom is -0.343 e. The van der Waals surface area contributed by atoms with Gasteiger partial charge < -0.3 is 4.98 Å². The molecule has 0 fully saturated rings. The van der Waals surface area contributed by atoms with Crippen LogP contribution in [0.1, 0.15) is 79.1 Å². The number of fused-ring (bicyclic) bond motifs is 4. The summed E-state index contributed by atoms with van der Waals surface area (Å²) in [6.07, 6.45) is 1.87. The largest absolute Gasteiger partial charge is 0.343 e. The molecule has 0 bridgehead atoms. The van der Waals surface area contributed by atoms with Crippen LogP contribution in [0, 0.1) is 0 Å². The molecule has 4 heterocycles. The average molecular weight is 681 g/mol. The fourth-order valence-corrected chi connectivity index (χ4v) is 7.44. The van der Waals surface area contributed by atoms with Gasteiger partial charge >= 0.3 is 0 Å². The summed E-state index contributed by atoms with van der Waals surface area (Å²) >= 11 is 0. The Hall–Kier alpha value is -5.48. The van der Waals surface area contributed by atoms with Gasteiger partial charge in [0, 0.05) is 50.0 Å². The van der Waals surface area contributed by atoms with Gasteiger partial charge in [0.15, 0.2) is 0 Å². The van der Waals surface area contributed by atoms with Gasteiger partial charge in [-0.25, -0.2) is 4.98 Å². The van der Waals surface area contributed by atoms with E-state index in [1.165, 1.54) is 38.5 Å². The topological polar surface area (TPSA) is 46.5 Å². The van der Waals surface area contributed by atoms with Crippen LogP contribution >= 0.6 is 0 Å². The van der Waals surface area contributed by atoms with Crippen molar-refractivity contribution in [2.45, 2.75) is 78.6 Å². The Morgan fingerprint density at radius 2 is 1.06 bits per heavy atom. The summed E-state index contributed by atoms with van der Waals surface area (Å²) in [7, 11) is 0. The second kappa shape index (κ2) is 12.1. The van der Waals surface area contributed by atoms with Crippen molar-refractivity contribution >= 4 is 32.7 Å². The number of nitrogens with one attached hydrogen (secondary N) is 1. The summed E-state index contributed by atoms with van der Waals surface area (Å²) in [5, 5.41) is 4.75. The molecule has 8 aromatic rings. The van der Waals surface area contributed by atoms with Crippen LogP contribution in [0.15, 0.2) is 121 Å². The average Bonchev–Trinajstić information content (AvgIpc) is 3.66. The lowest BCUT2D eigenvalue weighted by Gasteiger charge is -2.26. The van der Waals surface area contributed by atoms with Crippen LogP contribution in [0.4, 0.5) is 0 Å². The Kier molecular flexibility index (Phi) is 7.80. The summed E-state index contributed by atoms with van der Waals surface area (Å²) in [5.74, 6) is 1.05. The monoisotopic (exact) mass is 680 g/mol. The molecule has 0 aliphatic rings. The van der Waals surface area contributed by atoms with Gasteiger partial charge in [-0.2, -0.15) is 0 Å². The molecule has 0 spiro atoms. The third-order valence-electron chi connectivity index (χ3n) is 10.4. The fourth-order valence-electron chi connectivity index (χ4n) is 7.44. The van der Waals surface area contributed by atoms with Gasteiger partial charge in [0.1, 0.15) is 11.5 Å². The van der Waals surface area contributed by atoms with Crippen LogP contribution in [-0.2, 0) is 16.2 Å². The van der Waals surface area contributed by atoms with E-state index in [2.05, 4.69) is 181 Å². The van der Waals surface area contributed by atoms with Crippen molar-refractivity contribution in [3.63, 3.8) is 0 Å². The van der Waals surface area contributed by atoms with E-state index in [9.17, 15) is 0 Å². The first kappa shape index (κ1) is 33.7. The second-order valence-electron chi connectivity index (χ2n) is 17.4. The fraction of sp³-hybridized carbons (Fsp3) is 0.250. The van der Waals surface area contributed by atoms with Gasteiger partial charge in [0.2, 0.25) is 0 Å². The third kappa shape index (κ3) is 5.90. The summed E-state index contributed by atoms with van der Waals surface area (Å²) < 4.78 is 2.33. The summed E-state index contributed by atoms with van der Waals surface area (Å²) in [6.45, 7) is 20.6. The van der Waals surface area contributed by atoms with Crippen LogP contribution in [-0.4, -0.2) is 19.5 Å². The van der Waals surface area contributed by atoms with Gasteiger partial charge in [0.25, 0.3) is 0 Å². The SMILES string of the molecule is CC(C)(C)c1cc(-c2cc(-c3ccccn3)cc(-c3ccc4c5ccccc5n(-c5[nH]c(C(C)(C)C)c6ccccc56)c4n3)c2)cc(C(C)(C)C)c1. The standard InChI is InChI=1S/C48H48N4/c1-46(2,3)34-27-31(28-35(29-34)47(4,5)6)30-24-32(40-19-14-15-23-49-40)26-33(25-30)41-22-21-39-36-16-12-13-20-42(36)52(44(39)50-41)45-38-18-11-10-17-37(38)43(51-45)48(7,8)9/h10-29,51H,1-9H3. The Morgan fingerprint density at radius 1 is 0.481 bits per heavy atom. The number of hydrogen-bond donors (Lipinski definition) is 1. The van der Waals surface area contributed by atoms with Gasteiger partial charge in [0.05, 0.1) is 16.9 Å². The molecule has 0 amide bonds. The molecular formula is C48H48N4. The molecule has 52 heavy (non-hydrogen) atoms. The van der Waals surface area contributed by atoms with Crippen molar-refractivity contribution in [2.24, 2.45) is 0 Å². The van der Waals surface area contributed by atoms with E-state index < -0.39 is 0 Å². The van der Waals surface area contributed by atoms with Gasteiger partial charge in [-0.1, -0.05) is 129 Å². The Bertz CT molecular complexity index is 2580. The highest BCUT2D eigenvalue weighted by molar-refractivity contribution is 6.10. The van der Waals surface area contributed by atoms with E-state index in [1.807, 2.05) is 12.3 Å². The normalized spacial score (nSPS) is 12.7. The predicted molar refractivity (Wildman–Crippen MR) is 221 cm³/mol. The van der Waals surface area contributed by atoms with Crippen LogP contribution in [0.2, 0.25) is 0 Å². The first-order valence-corrected chi connectivity index (χ1v) is 18.4. The summed E-state index contributed by atoms with van der Waals surface area (Å²) in [5.41, 5.74) is 12.2. The van der Waals surface area contributed by atoms with Crippen LogP contribution < -0.4 is 0 Å². The lowest BCUT2D eigenvalue weighted by molar-refractivity contribution is 0.569. The number of benzene rings is 4. The highest BCUT2D eigenvalue weighted by atomic mass is 15.1. The number of nitrogens with zero attached hydrogens (tertiary/aromatic N) is 3. The molecule has 260 valence electrons. The lowest BCUT2D eigenvalue weighted by atomic mass is 9.78. The highest BCUT2D eigenvalue weighted by Crippen LogP contribution is 2.40.